The van der Waals surface area contributed by atoms with Crippen LogP contribution in [0, 0.1) is 5.82 Å². The van der Waals surface area contributed by atoms with Crippen molar-refractivity contribution in [3.63, 3.8) is 0 Å². The smallest absolute Gasteiger partial charge is 0.335 e. The minimum absolute atomic E-state index is 0.0521. The minimum atomic E-state index is -1.13. The maximum Gasteiger partial charge on any atom is 0.335 e. The van der Waals surface area contributed by atoms with Crippen molar-refractivity contribution >= 4 is 27.6 Å². The fourth-order valence-corrected chi connectivity index (χ4v) is 2.02. The Morgan fingerprint density at radius 3 is 2.68 bits per heavy atom. The van der Waals surface area contributed by atoms with E-state index >= 15 is 0 Å². The predicted octanol–water partition coefficient (Wildman–Crippen LogP) is 3.90. The molecule has 0 aliphatic heterocycles. The number of hydrogen-bond acceptors (Lipinski definition) is 2. The molecule has 98 valence electrons. The molecule has 0 unspecified atom stereocenters. The van der Waals surface area contributed by atoms with Gasteiger partial charge in [-0.25, -0.2) is 9.18 Å². The van der Waals surface area contributed by atoms with Gasteiger partial charge in [0.1, 0.15) is 5.82 Å². The summed E-state index contributed by atoms with van der Waals surface area (Å²) in [7, 11) is 0. The van der Waals surface area contributed by atoms with E-state index in [1.54, 1.807) is 0 Å². The molecule has 0 aliphatic carbocycles. The second-order valence-corrected chi connectivity index (χ2v) is 4.89. The van der Waals surface area contributed by atoms with Gasteiger partial charge in [0.2, 0.25) is 0 Å². The van der Waals surface area contributed by atoms with Crippen LogP contribution in [0.2, 0.25) is 0 Å². The quantitative estimate of drug-likeness (QED) is 0.897. The van der Waals surface area contributed by atoms with Crippen LogP contribution in [-0.4, -0.2) is 11.1 Å². The normalized spacial score (nSPS) is 10.2. The van der Waals surface area contributed by atoms with Crippen molar-refractivity contribution in [1.29, 1.82) is 0 Å². The number of halogens is 2. The van der Waals surface area contributed by atoms with E-state index in [1.165, 1.54) is 12.1 Å². The highest BCUT2D eigenvalue weighted by Crippen LogP contribution is 2.17. The van der Waals surface area contributed by atoms with Crippen LogP contribution >= 0.6 is 15.9 Å². The summed E-state index contributed by atoms with van der Waals surface area (Å²) in [6.45, 7) is 0.294. The lowest BCUT2D eigenvalue weighted by atomic mass is 10.1. The molecule has 0 fully saturated rings. The number of rotatable bonds is 4. The summed E-state index contributed by atoms with van der Waals surface area (Å²) in [5.74, 6) is -1.66. The first-order chi connectivity index (χ1) is 9.06. The third-order valence-electron chi connectivity index (χ3n) is 2.61. The lowest BCUT2D eigenvalue weighted by Gasteiger charge is -2.08. The Hall–Kier alpha value is -1.88. The Labute approximate surface area is 118 Å². The van der Waals surface area contributed by atoms with Crippen molar-refractivity contribution in [2.45, 2.75) is 6.54 Å². The summed E-state index contributed by atoms with van der Waals surface area (Å²) in [6.07, 6.45) is 0. The van der Waals surface area contributed by atoms with Gasteiger partial charge in [-0.05, 0) is 30.3 Å². The van der Waals surface area contributed by atoms with Crippen LogP contribution in [0.3, 0.4) is 0 Å². The molecule has 0 amide bonds. The van der Waals surface area contributed by atoms with Gasteiger partial charge < -0.3 is 10.4 Å². The van der Waals surface area contributed by atoms with Gasteiger partial charge in [0.05, 0.1) is 5.56 Å². The summed E-state index contributed by atoms with van der Waals surface area (Å²) in [5.41, 5.74) is 1.23. The Balaban J connectivity index is 2.10. The number of hydrogen-bond donors (Lipinski definition) is 2. The number of carboxylic acid groups (broad SMARTS) is 1. The first-order valence-corrected chi connectivity index (χ1v) is 6.37. The highest BCUT2D eigenvalue weighted by Gasteiger charge is 2.08. The molecule has 19 heavy (non-hydrogen) atoms. The number of aromatic carboxylic acids is 1. The number of carbonyl (C=O) groups is 1. The molecule has 0 bridgehead atoms. The maximum atomic E-state index is 13.7. The van der Waals surface area contributed by atoms with Crippen molar-refractivity contribution in [2.75, 3.05) is 5.32 Å². The van der Waals surface area contributed by atoms with Crippen molar-refractivity contribution < 1.29 is 14.3 Å². The van der Waals surface area contributed by atoms with Gasteiger partial charge in [0.15, 0.2) is 0 Å². The van der Waals surface area contributed by atoms with Crippen molar-refractivity contribution in [2.24, 2.45) is 0 Å². The standard InChI is InChI=1S/C14H11BrFNO2/c15-11-2-1-3-12(7-11)17-8-10-5-4-9(14(18)19)6-13(10)16/h1-7,17H,8H2,(H,18,19). The largest absolute Gasteiger partial charge is 0.478 e. The van der Waals surface area contributed by atoms with Crippen molar-refractivity contribution in [3.8, 4) is 0 Å². The molecule has 0 heterocycles. The van der Waals surface area contributed by atoms with E-state index in [0.717, 1.165) is 16.2 Å². The molecule has 0 saturated carbocycles. The van der Waals surface area contributed by atoms with Gasteiger partial charge >= 0.3 is 5.97 Å². The van der Waals surface area contributed by atoms with E-state index in [2.05, 4.69) is 21.2 Å². The lowest BCUT2D eigenvalue weighted by molar-refractivity contribution is 0.0696. The molecule has 0 aromatic heterocycles. The number of nitrogens with one attached hydrogen (secondary N) is 1. The first kappa shape index (κ1) is 13.5. The zero-order valence-corrected chi connectivity index (χ0v) is 11.4. The first-order valence-electron chi connectivity index (χ1n) is 5.57. The fourth-order valence-electron chi connectivity index (χ4n) is 1.62. The van der Waals surface area contributed by atoms with E-state index in [1.807, 2.05) is 24.3 Å². The SMILES string of the molecule is O=C(O)c1ccc(CNc2cccc(Br)c2)c(F)c1. The van der Waals surface area contributed by atoms with Gasteiger partial charge in [-0.3, -0.25) is 0 Å². The van der Waals surface area contributed by atoms with Crippen LogP contribution in [0.1, 0.15) is 15.9 Å². The van der Waals surface area contributed by atoms with Crippen LogP contribution in [-0.2, 0) is 6.54 Å². The number of carboxylic acids is 1. The summed E-state index contributed by atoms with van der Waals surface area (Å²) in [4.78, 5) is 10.7. The molecule has 2 aromatic carbocycles. The van der Waals surface area contributed by atoms with E-state index in [4.69, 9.17) is 5.11 Å². The highest BCUT2D eigenvalue weighted by molar-refractivity contribution is 9.10. The summed E-state index contributed by atoms with van der Waals surface area (Å²) < 4.78 is 14.6. The summed E-state index contributed by atoms with van der Waals surface area (Å²) in [5, 5.41) is 11.8. The summed E-state index contributed by atoms with van der Waals surface area (Å²) in [6, 6.07) is 11.4. The van der Waals surface area contributed by atoms with Crippen LogP contribution in [0.25, 0.3) is 0 Å². The molecule has 0 atom stereocenters. The molecule has 0 saturated heterocycles. The third-order valence-corrected chi connectivity index (χ3v) is 3.10. The van der Waals surface area contributed by atoms with Crippen LogP contribution in [0.4, 0.5) is 10.1 Å². The molecule has 0 radical (unpaired) electrons. The van der Waals surface area contributed by atoms with Gasteiger partial charge in [0.25, 0.3) is 0 Å². The van der Waals surface area contributed by atoms with Crippen LogP contribution < -0.4 is 5.32 Å². The van der Waals surface area contributed by atoms with Gasteiger partial charge in [-0.1, -0.05) is 28.1 Å². The minimum Gasteiger partial charge on any atom is -0.478 e. The zero-order valence-electron chi connectivity index (χ0n) is 9.86. The Morgan fingerprint density at radius 1 is 1.26 bits per heavy atom. The zero-order chi connectivity index (χ0) is 13.8. The fraction of sp³-hybridized carbons (Fsp3) is 0.0714. The van der Waals surface area contributed by atoms with Crippen LogP contribution in [0.5, 0.6) is 0 Å². The average Bonchev–Trinajstić information content (AvgIpc) is 2.37. The second-order valence-electron chi connectivity index (χ2n) is 3.98. The predicted molar refractivity (Wildman–Crippen MR) is 74.8 cm³/mol. The average molecular weight is 324 g/mol. The molecule has 2 rings (SSSR count). The maximum absolute atomic E-state index is 13.7. The molecule has 5 heteroatoms. The van der Waals surface area contributed by atoms with Gasteiger partial charge in [-0.15, -0.1) is 0 Å². The lowest BCUT2D eigenvalue weighted by Crippen LogP contribution is -2.04. The monoisotopic (exact) mass is 323 g/mol. The van der Waals surface area contributed by atoms with Crippen LogP contribution in [0.15, 0.2) is 46.9 Å². The van der Waals surface area contributed by atoms with E-state index < -0.39 is 11.8 Å². The van der Waals surface area contributed by atoms with E-state index in [0.29, 0.717) is 12.1 Å². The van der Waals surface area contributed by atoms with E-state index in [9.17, 15) is 9.18 Å². The Kier molecular flexibility index (Phi) is 4.16. The summed E-state index contributed by atoms with van der Waals surface area (Å²) >= 11 is 3.35. The topological polar surface area (TPSA) is 49.3 Å². The van der Waals surface area contributed by atoms with E-state index in [-0.39, 0.29) is 5.56 Å². The molecule has 0 spiro atoms. The molecule has 0 aliphatic rings. The third kappa shape index (κ3) is 3.54. The molecular weight excluding hydrogens is 313 g/mol. The van der Waals surface area contributed by atoms with Gasteiger partial charge in [-0.2, -0.15) is 0 Å². The second kappa shape index (κ2) is 5.84. The Bertz CT molecular complexity index is 616. The highest BCUT2D eigenvalue weighted by atomic mass is 79.9. The van der Waals surface area contributed by atoms with Crippen molar-refractivity contribution in [1.82, 2.24) is 0 Å². The van der Waals surface area contributed by atoms with Crippen molar-refractivity contribution in [3.05, 3.63) is 63.9 Å². The number of benzene rings is 2. The molecule has 2 N–H and O–H groups in total. The molecule has 3 nitrogen and oxygen atoms in total. The molecule has 2 aromatic rings. The number of anilines is 1. The Morgan fingerprint density at radius 2 is 2.05 bits per heavy atom. The molecular formula is C14H11BrFNO2. The van der Waals surface area contributed by atoms with Gasteiger partial charge in [0, 0.05) is 22.3 Å².